The quantitative estimate of drug-likeness (QED) is 0.857. The van der Waals surface area contributed by atoms with Gasteiger partial charge in [-0.05, 0) is 44.0 Å². The van der Waals surface area contributed by atoms with E-state index in [-0.39, 0.29) is 23.3 Å². The lowest BCUT2D eigenvalue weighted by Crippen LogP contribution is -2.30. The van der Waals surface area contributed by atoms with Gasteiger partial charge in [-0.2, -0.15) is 4.98 Å². The summed E-state index contributed by atoms with van der Waals surface area (Å²) in [7, 11) is 0. The third-order valence-electron chi connectivity index (χ3n) is 3.68. The molecule has 2 heterocycles. The first-order valence-corrected chi connectivity index (χ1v) is 7.30. The van der Waals surface area contributed by atoms with Crippen molar-refractivity contribution < 1.29 is 27.2 Å². The van der Waals surface area contributed by atoms with Crippen molar-refractivity contribution in [3.05, 3.63) is 41.5 Å². The number of aromatic nitrogens is 2. The summed E-state index contributed by atoms with van der Waals surface area (Å²) in [5.74, 6) is 0.185. The lowest BCUT2D eigenvalue weighted by atomic mass is 10.1. The van der Waals surface area contributed by atoms with Gasteiger partial charge in [0.15, 0.2) is 5.82 Å². The van der Waals surface area contributed by atoms with E-state index in [1.165, 1.54) is 12.1 Å². The number of carbonyl (C=O) groups excluding carboxylic acids is 1. The molecule has 1 atom stereocenters. The second kappa shape index (κ2) is 6.14. The summed E-state index contributed by atoms with van der Waals surface area (Å²) in [5.41, 5.74) is 0.271. The molecular weight excluding hydrogens is 327 g/mol. The molecule has 1 unspecified atom stereocenters. The Labute approximate surface area is 135 Å². The van der Waals surface area contributed by atoms with Crippen molar-refractivity contribution in [2.24, 2.45) is 0 Å². The van der Waals surface area contributed by atoms with Gasteiger partial charge in [0.05, 0.1) is 0 Å². The van der Waals surface area contributed by atoms with Crippen LogP contribution < -0.4 is 4.74 Å². The van der Waals surface area contributed by atoms with Gasteiger partial charge in [0, 0.05) is 12.1 Å². The fourth-order valence-corrected chi connectivity index (χ4v) is 2.68. The normalized spacial score (nSPS) is 18.0. The number of amides is 1. The van der Waals surface area contributed by atoms with E-state index in [0.717, 1.165) is 18.6 Å². The van der Waals surface area contributed by atoms with Gasteiger partial charge < -0.3 is 14.2 Å². The smallest absolute Gasteiger partial charge is 0.406 e. The fraction of sp³-hybridized carbons (Fsp3) is 0.400. The third kappa shape index (κ3) is 3.50. The monoisotopic (exact) mass is 341 g/mol. The van der Waals surface area contributed by atoms with Gasteiger partial charge in [0.2, 0.25) is 5.89 Å². The van der Waals surface area contributed by atoms with E-state index >= 15 is 0 Å². The first kappa shape index (κ1) is 16.3. The minimum absolute atomic E-state index is 0.271. The summed E-state index contributed by atoms with van der Waals surface area (Å²) in [6.45, 7) is 2.21. The summed E-state index contributed by atoms with van der Waals surface area (Å²) in [4.78, 5) is 18.4. The lowest BCUT2D eigenvalue weighted by molar-refractivity contribution is -0.274. The zero-order chi connectivity index (χ0) is 17.3. The Balaban J connectivity index is 1.75. The Morgan fingerprint density at radius 2 is 2.04 bits per heavy atom. The number of carbonyl (C=O) groups is 1. The molecule has 1 aliphatic rings. The van der Waals surface area contributed by atoms with Gasteiger partial charge in [0.25, 0.3) is 5.91 Å². The molecule has 1 aromatic carbocycles. The molecule has 1 aliphatic heterocycles. The Kier molecular flexibility index (Phi) is 4.16. The molecule has 6 nitrogen and oxygen atoms in total. The zero-order valence-corrected chi connectivity index (χ0v) is 12.7. The molecule has 9 heteroatoms. The Morgan fingerprint density at radius 1 is 1.33 bits per heavy atom. The Morgan fingerprint density at radius 3 is 2.62 bits per heavy atom. The first-order valence-electron chi connectivity index (χ1n) is 7.30. The van der Waals surface area contributed by atoms with Crippen molar-refractivity contribution in [3.8, 4) is 5.75 Å². The summed E-state index contributed by atoms with van der Waals surface area (Å²) in [6, 6.07) is 4.52. The second-order valence-corrected chi connectivity index (χ2v) is 5.41. The van der Waals surface area contributed by atoms with E-state index in [1.54, 1.807) is 11.8 Å². The van der Waals surface area contributed by atoms with E-state index in [9.17, 15) is 18.0 Å². The molecule has 0 saturated carbocycles. The van der Waals surface area contributed by atoms with Crippen LogP contribution >= 0.6 is 0 Å². The van der Waals surface area contributed by atoms with Crippen LogP contribution in [0.5, 0.6) is 5.75 Å². The number of halogens is 3. The second-order valence-electron chi connectivity index (χ2n) is 5.41. The standard InChI is InChI=1S/C15H14F3N3O3/c1-9-19-13(24-20-9)12-3-2-8-21(12)14(22)10-4-6-11(7-5-10)23-15(16,17)18/h4-7,12H,2-3,8H2,1H3. The highest BCUT2D eigenvalue weighted by atomic mass is 19.4. The molecule has 0 spiro atoms. The SMILES string of the molecule is Cc1noc(C2CCCN2C(=O)c2ccc(OC(F)(F)F)cc2)n1. The largest absolute Gasteiger partial charge is 0.573 e. The first-order chi connectivity index (χ1) is 11.3. The van der Waals surface area contributed by atoms with Crippen LogP contribution in [-0.2, 0) is 0 Å². The fourth-order valence-electron chi connectivity index (χ4n) is 2.68. The molecule has 0 bridgehead atoms. The van der Waals surface area contributed by atoms with Crippen LogP contribution in [0, 0.1) is 6.92 Å². The van der Waals surface area contributed by atoms with Gasteiger partial charge in [-0.25, -0.2) is 0 Å². The van der Waals surface area contributed by atoms with Crippen LogP contribution in [0.4, 0.5) is 13.2 Å². The van der Waals surface area contributed by atoms with Crippen LogP contribution in [0.15, 0.2) is 28.8 Å². The van der Waals surface area contributed by atoms with Crippen molar-refractivity contribution >= 4 is 5.91 Å². The average Bonchev–Trinajstić information content (AvgIpc) is 3.14. The van der Waals surface area contributed by atoms with Gasteiger partial charge >= 0.3 is 6.36 Å². The van der Waals surface area contributed by atoms with E-state index in [4.69, 9.17) is 4.52 Å². The predicted octanol–water partition coefficient (Wildman–Crippen LogP) is 3.25. The summed E-state index contributed by atoms with van der Waals surface area (Å²) >= 11 is 0. The number of aryl methyl sites for hydroxylation is 1. The molecule has 128 valence electrons. The molecule has 0 radical (unpaired) electrons. The minimum Gasteiger partial charge on any atom is -0.406 e. The maximum Gasteiger partial charge on any atom is 0.573 e. The summed E-state index contributed by atoms with van der Waals surface area (Å²) < 4.78 is 45.4. The highest BCUT2D eigenvalue weighted by molar-refractivity contribution is 5.94. The third-order valence-corrected chi connectivity index (χ3v) is 3.68. The molecule has 3 rings (SSSR count). The lowest BCUT2D eigenvalue weighted by Gasteiger charge is -2.22. The van der Waals surface area contributed by atoms with Crippen molar-refractivity contribution in [2.45, 2.75) is 32.2 Å². The van der Waals surface area contributed by atoms with Crippen LogP contribution in [0.2, 0.25) is 0 Å². The maximum atomic E-state index is 12.6. The number of alkyl halides is 3. The van der Waals surface area contributed by atoms with Crippen LogP contribution in [0.25, 0.3) is 0 Å². The highest BCUT2D eigenvalue weighted by Gasteiger charge is 2.35. The number of ether oxygens (including phenoxy) is 1. The van der Waals surface area contributed by atoms with Crippen molar-refractivity contribution in [1.82, 2.24) is 15.0 Å². The molecule has 1 saturated heterocycles. The van der Waals surface area contributed by atoms with Crippen LogP contribution in [0.3, 0.4) is 0 Å². The topological polar surface area (TPSA) is 68.5 Å². The molecule has 1 aromatic heterocycles. The number of rotatable bonds is 3. The predicted molar refractivity (Wildman–Crippen MR) is 75.2 cm³/mol. The van der Waals surface area contributed by atoms with Gasteiger partial charge in [-0.1, -0.05) is 5.16 Å². The molecule has 2 aromatic rings. The van der Waals surface area contributed by atoms with E-state index in [1.807, 2.05) is 0 Å². The van der Waals surface area contributed by atoms with E-state index < -0.39 is 6.36 Å². The Bertz CT molecular complexity index is 728. The molecule has 0 aliphatic carbocycles. The summed E-state index contributed by atoms with van der Waals surface area (Å²) in [5, 5.41) is 3.73. The molecular formula is C15H14F3N3O3. The van der Waals surface area contributed by atoms with E-state index in [0.29, 0.717) is 24.7 Å². The number of nitrogens with zero attached hydrogens (tertiary/aromatic N) is 3. The number of hydrogen-bond donors (Lipinski definition) is 0. The van der Waals surface area contributed by atoms with Crippen molar-refractivity contribution in [2.75, 3.05) is 6.54 Å². The average molecular weight is 341 g/mol. The highest BCUT2D eigenvalue weighted by Crippen LogP contribution is 2.32. The van der Waals surface area contributed by atoms with E-state index in [2.05, 4.69) is 14.9 Å². The molecule has 0 N–H and O–H groups in total. The minimum atomic E-state index is -4.76. The molecule has 24 heavy (non-hydrogen) atoms. The molecule has 1 amide bonds. The van der Waals surface area contributed by atoms with Crippen molar-refractivity contribution in [1.29, 1.82) is 0 Å². The van der Waals surface area contributed by atoms with Crippen molar-refractivity contribution in [3.63, 3.8) is 0 Å². The Hall–Kier alpha value is -2.58. The van der Waals surface area contributed by atoms with Gasteiger partial charge in [-0.15, -0.1) is 13.2 Å². The maximum absolute atomic E-state index is 12.6. The van der Waals surface area contributed by atoms with Crippen LogP contribution in [0.1, 0.15) is 41.0 Å². The van der Waals surface area contributed by atoms with Gasteiger partial charge in [0.1, 0.15) is 11.8 Å². The molecule has 1 fully saturated rings. The van der Waals surface area contributed by atoms with Gasteiger partial charge in [-0.3, -0.25) is 4.79 Å². The van der Waals surface area contributed by atoms with Crippen LogP contribution in [-0.4, -0.2) is 33.9 Å². The number of benzene rings is 1. The number of likely N-dealkylation sites (tertiary alicyclic amines) is 1. The number of hydrogen-bond acceptors (Lipinski definition) is 5. The zero-order valence-electron chi connectivity index (χ0n) is 12.7. The summed E-state index contributed by atoms with van der Waals surface area (Å²) in [6.07, 6.45) is -3.28.